The molecule has 0 spiro atoms. The summed E-state index contributed by atoms with van der Waals surface area (Å²) in [6.07, 6.45) is 4.57. The first-order valence-corrected chi connectivity index (χ1v) is 9.51. The minimum atomic E-state index is -0.339. The molecule has 1 saturated carbocycles. The molecular weight excluding hydrogens is 346 g/mol. The van der Waals surface area contributed by atoms with Crippen molar-refractivity contribution in [3.05, 3.63) is 47.3 Å². The van der Waals surface area contributed by atoms with E-state index in [0.717, 1.165) is 40.4 Å². The highest BCUT2D eigenvalue weighted by molar-refractivity contribution is 7.14. The number of fused-ring (bicyclic) bond motifs is 1. The van der Waals surface area contributed by atoms with Crippen molar-refractivity contribution in [2.75, 3.05) is 12.5 Å². The number of hydrogen-bond donors (Lipinski definition) is 1. The molecule has 6 heteroatoms. The van der Waals surface area contributed by atoms with Crippen LogP contribution in [0.2, 0.25) is 0 Å². The number of hydrogen-bond acceptors (Lipinski definition) is 6. The summed E-state index contributed by atoms with van der Waals surface area (Å²) in [5.41, 5.74) is 8.44. The molecule has 1 heterocycles. The molecule has 0 aliphatic heterocycles. The van der Waals surface area contributed by atoms with Gasteiger partial charge in [0, 0.05) is 16.7 Å². The van der Waals surface area contributed by atoms with Crippen molar-refractivity contribution in [1.82, 2.24) is 4.98 Å². The molecule has 1 fully saturated rings. The summed E-state index contributed by atoms with van der Waals surface area (Å²) >= 11 is 1.51. The van der Waals surface area contributed by atoms with Gasteiger partial charge in [0.1, 0.15) is 0 Å². The van der Waals surface area contributed by atoms with Crippen LogP contribution in [0.1, 0.15) is 36.0 Å². The maximum Gasteiger partial charge on any atom is 0.338 e. The van der Waals surface area contributed by atoms with E-state index in [0.29, 0.717) is 5.56 Å². The van der Waals surface area contributed by atoms with Gasteiger partial charge >= 0.3 is 5.97 Å². The van der Waals surface area contributed by atoms with Crippen molar-refractivity contribution in [3.8, 4) is 22.4 Å². The molecule has 0 atom stereocenters. The Kier molecular flexibility index (Phi) is 4.67. The Hall–Kier alpha value is -2.73. The number of carbonyl (C=O) groups is 1. The third-order valence-electron chi connectivity index (χ3n) is 4.58. The van der Waals surface area contributed by atoms with Crippen LogP contribution >= 0.6 is 11.3 Å². The Labute approximate surface area is 156 Å². The molecule has 1 N–H and O–H groups in total. The highest BCUT2D eigenvalue weighted by Crippen LogP contribution is 2.39. The second-order valence-corrected chi connectivity index (χ2v) is 7.09. The second kappa shape index (κ2) is 7.25. The molecule has 0 radical (unpaired) electrons. The van der Waals surface area contributed by atoms with Crippen LogP contribution in [-0.4, -0.2) is 23.8 Å². The van der Waals surface area contributed by atoms with Crippen LogP contribution in [-0.2, 0) is 4.74 Å². The number of hydrazone groups is 1. The fourth-order valence-electron chi connectivity index (χ4n) is 3.28. The summed E-state index contributed by atoms with van der Waals surface area (Å²) in [6, 6.07) is 11.6. The predicted molar refractivity (Wildman–Crippen MR) is 105 cm³/mol. The zero-order valence-corrected chi connectivity index (χ0v) is 15.3. The Morgan fingerprint density at radius 1 is 1.15 bits per heavy atom. The predicted octanol–water partition coefficient (Wildman–Crippen LogP) is 5.04. The van der Waals surface area contributed by atoms with Gasteiger partial charge in [-0.15, -0.1) is 11.3 Å². The minimum absolute atomic E-state index is 0.339. The number of nitrogens with zero attached hydrogens (tertiary/aromatic N) is 2. The molecule has 0 bridgehead atoms. The SMILES string of the molecule is COC(=O)c1cc(-c2csc(NN=C3CCCC3)n2)c2cccccc1-2. The van der Waals surface area contributed by atoms with Crippen molar-refractivity contribution in [2.45, 2.75) is 25.7 Å². The monoisotopic (exact) mass is 365 g/mol. The summed E-state index contributed by atoms with van der Waals surface area (Å²) in [6.45, 7) is 0. The van der Waals surface area contributed by atoms with Gasteiger partial charge in [-0.3, -0.25) is 5.43 Å². The zero-order chi connectivity index (χ0) is 17.9. The van der Waals surface area contributed by atoms with Gasteiger partial charge in [-0.2, -0.15) is 5.10 Å². The average Bonchev–Trinajstić information content (AvgIpc) is 3.36. The fourth-order valence-corrected chi connectivity index (χ4v) is 3.93. The average molecular weight is 365 g/mol. The van der Waals surface area contributed by atoms with E-state index < -0.39 is 0 Å². The Bertz CT molecular complexity index is 940. The molecule has 0 unspecified atom stereocenters. The van der Waals surface area contributed by atoms with Gasteiger partial charge in [-0.1, -0.05) is 30.3 Å². The fraction of sp³-hybridized carbons (Fsp3) is 0.250. The highest BCUT2D eigenvalue weighted by Gasteiger charge is 2.22. The van der Waals surface area contributed by atoms with Crippen LogP contribution in [0.3, 0.4) is 0 Å². The van der Waals surface area contributed by atoms with Gasteiger partial charge < -0.3 is 4.74 Å². The quantitative estimate of drug-likeness (QED) is 0.519. The Balaban J connectivity index is 1.69. The molecule has 3 aliphatic carbocycles. The molecule has 4 rings (SSSR count). The number of rotatable bonds is 4. The van der Waals surface area contributed by atoms with Gasteiger partial charge in [0.2, 0.25) is 5.13 Å². The van der Waals surface area contributed by atoms with Gasteiger partial charge in [0.25, 0.3) is 0 Å². The van der Waals surface area contributed by atoms with E-state index in [4.69, 9.17) is 4.74 Å². The van der Waals surface area contributed by atoms with Gasteiger partial charge in [-0.05, 0) is 42.9 Å². The maximum absolute atomic E-state index is 12.2. The topological polar surface area (TPSA) is 63.6 Å². The first kappa shape index (κ1) is 16.7. The van der Waals surface area contributed by atoms with Crippen molar-refractivity contribution in [2.24, 2.45) is 5.10 Å². The molecule has 0 saturated heterocycles. The smallest absolute Gasteiger partial charge is 0.338 e. The molecule has 132 valence electrons. The van der Waals surface area contributed by atoms with E-state index in [-0.39, 0.29) is 5.97 Å². The summed E-state index contributed by atoms with van der Waals surface area (Å²) in [7, 11) is 1.40. The highest BCUT2D eigenvalue weighted by atomic mass is 32.1. The molecule has 26 heavy (non-hydrogen) atoms. The maximum atomic E-state index is 12.2. The van der Waals surface area contributed by atoms with Crippen molar-refractivity contribution < 1.29 is 9.53 Å². The lowest BCUT2D eigenvalue weighted by Gasteiger charge is -2.00. The van der Waals surface area contributed by atoms with E-state index in [1.54, 1.807) is 0 Å². The summed E-state index contributed by atoms with van der Waals surface area (Å²) in [4.78, 5) is 16.8. The number of esters is 1. The van der Waals surface area contributed by atoms with E-state index in [2.05, 4.69) is 15.5 Å². The molecule has 5 nitrogen and oxygen atoms in total. The third kappa shape index (κ3) is 3.20. The number of carbonyl (C=O) groups excluding carboxylic acids is 1. The van der Waals surface area contributed by atoms with Crippen molar-refractivity contribution >= 4 is 28.1 Å². The van der Waals surface area contributed by atoms with Crippen LogP contribution < -0.4 is 5.43 Å². The standard InChI is InChI=1S/C20H19N3O2S/c1-25-19(24)17-11-16(14-9-3-2-4-10-15(14)17)18-12-26-20(21-18)23-22-13-7-5-6-8-13/h2-4,9-12H,5-8H2,1H3,(H,21,23). The first-order chi connectivity index (χ1) is 12.8. The summed E-state index contributed by atoms with van der Waals surface area (Å²) in [5, 5.41) is 7.20. The van der Waals surface area contributed by atoms with E-state index >= 15 is 0 Å². The van der Waals surface area contributed by atoms with Crippen LogP contribution in [0.15, 0.2) is 46.9 Å². The molecule has 0 aromatic carbocycles. The van der Waals surface area contributed by atoms with Crippen LogP contribution in [0.4, 0.5) is 5.13 Å². The van der Waals surface area contributed by atoms with Crippen molar-refractivity contribution in [1.29, 1.82) is 0 Å². The Morgan fingerprint density at radius 3 is 2.69 bits per heavy atom. The molecule has 1 aromatic rings. The molecule has 3 aliphatic rings. The molecule has 1 aromatic heterocycles. The number of aromatic nitrogens is 1. The number of ether oxygens (including phenoxy) is 1. The lowest BCUT2D eigenvalue weighted by atomic mass is 10.1. The van der Waals surface area contributed by atoms with Crippen LogP contribution in [0, 0.1) is 0 Å². The lowest BCUT2D eigenvalue weighted by molar-refractivity contribution is 0.0602. The van der Waals surface area contributed by atoms with E-state index in [1.165, 1.54) is 37.0 Å². The minimum Gasteiger partial charge on any atom is -0.465 e. The van der Waals surface area contributed by atoms with Gasteiger partial charge in [0.05, 0.1) is 18.4 Å². The third-order valence-corrected chi connectivity index (χ3v) is 5.33. The number of methoxy groups -OCH3 is 1. The molecule has 0 amide bonds. The Morgan fingerprint density at radius 2 is 1.92 bits per heavy atom. The molecular formula is C20H19N3O2S. The van der Waals surface area contributed by atoms with Gasteiger partial charge in [0.15, 0.2) is 0 Å². The largest absolute Gasteiger partial charge is 0.465 e. The lowest BCUT2D eigenvalue weighted by Crippen LogP contribution is -1.99. The first-order valence-electron chi connectivity index (χ1n) is 8.63. The number of anilines is 1. The normalized spacial score (nSPS) is 13.8. The number of thiazole rings is 1. The second-order valence-electron chi connectivity index (χ2n) is 6.24. The van der Waals surface area contributed by atoms with Gasteiger partial charge in [-0.25, -0.2) is 9.78 Å². The zero-order valence-electron chi connectivity index (χ0n) is 14.5. The summed E-state index contributed by atoms with van der Waals surface area (Å²) in [5.74, 6) is -0.339. The van der Waals surface area contributed by atoms with E-state index in [9.17, 15) is 4.79 Å². The van der Waals surface area contributed by atoms with E-state index in [1.807, 2.05) is 41.8 Å². The van der Waals surface area contributed by atoms with Crippen LogP contribution in [0.5, 0.6) is 0 Å². The summed E-state index contributed by atoms with van der Waals surface area (Å²) < 4.78 is 4.94. The number of nitrogens with one attached hydrogen (secondary N) is 1. The van der Waals surface area contributed by atoms with Crippen molar-refractivity contribution in [3.63, 3.8) is 0 Å². The van der Waals surface area contributed by atoms with Crippen LogP contribution in [0.25, 0.3) is 22.4 Å².